The van der Waals surface area contributed by atoms with Crippen molar-refractivity contribution in [3.63, 3.8) is 0 Å². The van der Waals surface area contributed by atoms with E-state index in [4.69, 9.17) is 9.47 Å². The molecule has 0 spiro atoms. The Bertz CT molecular complexity index is 880. The van der Waals surface area contributed by atoms with Crippen LogP contribution in [0, 0.1) is 0 Å². The van der Waals surface area contributed by atoms with Crippen molar-refractivity contribution in [3.05, 3.63) is 54.7 Å². The largest absolute Gasteiger partial charge is 0.493 e. The quantitative estimate of drug-likeness (QED) is 0.492. The number of nitrogens with zero attached hydrogens (tertiary/aromatic N) is 2. The molecule has 0 unspecified atom stereocenters. The van der Waals surface area contributed by atoms with E-state index in [2.05, 4.69) is 29.0 Å². The number of fused-ring (bicyclic) bond motifs is 1. The Balaban J connectivity index is 1.85. The second-order valence-corrected chi connectivity index (χ2v) is 6.58. The number of nitrogens with one attached hydrogen (secondary N) is 1. The smallest absolute Gasteiger partial charge is 0.178 e. The molecular formula is C23H29N3O2. The zero-order chi connectivity index (χ0) is 19.8. The first kappa shape index (κ1) is 20.0. The van der Waals surface area contributed by atoms with Crippen LogP contribution < -0.4 is 14.8 Å². The predicted octanol–water partition coefficient (Wildman–Crippen LogP) is 5.18. The van der Waals surface area contributed by atoms with Crippen molar-refractivity contribution in [1.82, 2.24) is 9.88 Å². The average molecular weight is 380 g/mol. The normalized spacial score (nSPS) is 11.0. The lowest BCUT2D eigenvalue weighted by molar-refractivity contribution is 0.303. The lowest BCUT2D eigenvalue weighted by atomic mass is 10.1. The minimum atomic E-state index is 0.686. The summed E-state index contributed by atoms with van der Waals surface area (Å²) in [6, 6.07) is 15.7. The Morgan fingerprint density at radius 3 is 2.54 bits per heavy atom. The number of rotatable bonds is 10. The van der Waals surface area contributed by atoms with Crippen LogP contribution in [0.1, 0.15) is 20.3 Å². The van der Waals surface area contributed by atoms with Crippen LogP contribution >= 0.6 is 0 Å². The van der Waals surface area contributed by atoms with Gasteiger partial charge in [0.1, 0.15) is 5.75 Å². The molecule has 0 aliphatic rings. The van der Waals surface area contributed by atoms with Crippen molar-refractivity contribution in [1.29, 1.82) is 0 Å². The highest BCUT2D eigenvalue weighted by Gasteiger charge is 2.16. The van der Waals surface area contributed by atoms with Gasteiger partial charge in [0.2, 0.25) is 0 Å². The molecular weight excluding hydrogens is 350 g/mol. The lowest BCUT2D eigenvalue weighted by Gasteiger charge is -2.19. The van der Waals surface area contributed by atoms with E-state index in [-0.39, 0.29) is 0 Å². The number of ether oxygens (including phenoxy) is 2. The molecule has 0 atom stereocenters. The molecule has 5 heteroatoms. The van der Waals surface area contributed by atoms with E-state index in [1.54, 1.807) is 7.11 Å². The SMILES string of the molecule is CCN(CC)CCCNc1cc(OC)c(Oc2ccccc2)c2cccnc12. The third-order valence-electron chi connectivity index (χ3n) is 4.85. The van der Waals surface area contributed by atoms with Crippen LogP contribution in [0.15, 0.2) is 54.7 Å². The maximum absolute atomic E-state index is 6.16. The standard InChI is InChI=1S/C23H29N3O2/c1-4-26(5-2)16-10-15-24-20-17-21(27-3)23(19-13-9-14-25-22(19)20)28-18-11-7-6-8-12-18/h6-9,11-14,17,24H,4-5,10,15-16H2,1-3H3. The Morgan fingerprint density at radius 2 is 1.82 bits per heavy atom. The summed E-state index contributed by atoms with van der Waals surface area (Å²) in [6.45, 7) is 8.53. The van der Waals surface area contributed by atoms with Crippen molar-refractivity contribution in [2.45, 2.75) is 20.3 Å². The third kappa shape index (κ3) is 4.73. The predicted molar refractivity (Wildman–Crippen MR) is 116 cm³/mol. The van der Waals surface area contributed by atoms with Gasteiger partial charge in [-0.15, -0.1) is 0 Å². The molecule has 1 aromatic heterocycles. The number of benzene rings is 2. The van der Waals surface area contributed by atoms with E-state index in [1.807, 2.05) is 54.7 Å². The Labute approximate surface area is 167 Å². The summed E-state index contributed by atoms with van der Waals surface area (Å²) in [5.41, 5.74) is 1.85. The molecule has 3 aromatic rings. The van der Waals surface area contributed by atoms with Gasteiger partial charge < -0.3 is 19.7 Å². The van der Waals surface area contributed by atoms with E-state index in [9.17, 15) is 0 Å². The Hall–Kier alpha value is -2.79. The second kappa shape index (κ2) is 9.95. The zero-order valence-electron chi connectivity index (χ0n) is 16.9. The molecule has 3 rings (SSSR count). The van der Waals surface area contributed by atoms with Crippen molar-refractivity contribution in [2.75, 3.05) is 38.6 Å². The average Bonchev–Trinajstić information content (AvgIpc) is 2.75. The summed E-state index contributed by atoms with van der Waals surface area (Å²) in [6.07, 6.45) is 2.88. The molecule has 0 fully saturated rings. The molecule has 0 saturated carbocycles. The second-order valence-electron chi connectivity index (χ2n) is 6.58. The Morgan fingerprint density at radius 1 is 1.04 bits per heavy atom. The van der Waals surface area contributed by atoms with Gasteiger partial charge >= 0.3 is 0 Å². The van der Waals surface area contributed by atoms with Crippen molar-refractivity contribution < 1.29 is 9.47 Å². The van der Waals surface area contributed by atoms with Gasteiger partial charge in [0.15, 0.2) is 11.5 Å². The number of aromatic nitrogens is 1. The number of methoxy groups -OCH3 is 1. The number of para-hydroxylation sites is 1. The van der Waals surface area contributed by atoms with E-state index in [0.717, 1.165) is 54.9 Å². The molecule has 0 bridgehead atoms. The first-order valence-electron chi connectivity index (χ1n) is 9.91. The molecule has 28 heavy (non-hydrogen) atoms. The van der Waals surface area contributed by atoms with Crippen molar-refractivity contribution in [3.8, 4) is 17.2 Å². The van der Waals surface area contributed by atoms with Crippen LogP contribution in [0.2, 0.25) is 0 Å². The molecule has 0 aliphatic heterocycles. The molecule has 0 aliphatic carbocycles. The minimum absolute atomic E-state index is 0.686. The molecule has 1 heterocycles. The maximum atomic E-state index is 6.16. The summed E-state index contributed by atoms with van der Waals surface area (Å²) in [7, 11) is 1.67. The van der Waals surface area contributed by atoms with Crippen molar-refractivity contribution >= 4 is 16.6 Å². The van der Waals surface area contributed by atoms with Gasteiger partial charge in [-0.3, -0.25) is 4.98 Å². The van der Waals surface area contributed by atoms with Crippen LogP contribution in [0.5, 0.6) is 17.2 Å². The van der Waals surface area contributed by atoms with Crippen LogP contribution in [0.4, 0.5) is 5.69 Å². The molecule has 0 radical (unpaired) electrons. The van der Waals surface area contributed by atoms with Gasteiger partial charge in [-0.05, 0) is 50.3 Å². The van der Waals surface area contributed by atoms with Gasteiger partial charge in [-0.25, -0.2) is 0 Å². The molecule has 0 amide bonds. The molecule has 0 saturated heterocycles. The van der Waals surface area contributed by atoms with Gasteiger partial charge in [0.25, 0.3) is 0 Å². The zero-order valence-corrected chi connectivity index (χ0v) is 16.9. The van der Waals surface area contributed by atoms with Gasteiger partial charge in [0.05, 0.1) is 18.3 Å². The van der Waals surface area contributed by atoms with E-state index >= 15 is 0 Å². The summed E-state index contributed by atoms with van der Waals surface area (Å²) in [5.74, 6) is 2.15. The highest BCUT2D eigenvalue weighted by atomic mass is 16.5. The van der Waals surface area contributed by atoms with Crippen LogP contribution in [-0.2, 0) is 0 Å². The minimum Gasteiger partial charge on any atom is -0.493 e. The summed E-state index contributed by atoms with van der Waals surface area (Å²) < 4.78 is 11.8. The third-order valence-corrected chi connectivity index (χ3v) is 4.85. The van der Waals surface area contributed by atoms with E-state index in [0.29, 0.717) is 11.5 Å². The number of pyridine rings is 1. The molecule has 5 nitrogen and oxygen atoms in total. The number of hydrogen-bond donors (Lipinski definition) is 1. The lowest BCUT2D eigenvalue weighted by Crippen LogP contribution is -2.25. The summed E-state index contributed by atoms with van der Waals surface area (Å²) >= 11 is 0. The van der Waals surface area contributed by atoms with Gasteiger partial charge in [-0.1, -0.05) is 32.0 Å². The maximum Gasteiger partial charge on any atom is 0.178 e. The van der Waals surface area contributed by atoms with Gasteiger partial charge in [-0.2, -0.15) is 0 Å². The number of anilines is 1. The molecule has 148 valence electrons. The monoisotopic (exact) mass is 379 g/mol. The first-order chi connectivity index (χ1) is 13.8. The summed E-state index contributed by atoms with van der Waals surface area (Å²) in [4.78, 5) is 7.02. The van der Waals surface area contributed by atoms with E-state index < -0.39 is 0 Å². The summed E-state index contributed by atoms with van der Waals surface area (Å²) in [5, 5.41) is 4.46. The molecule has 1 N–H and O–H groups in total. The fourth-order valence-corrected chi connectivity index (χ4v) is 3.26. The fourth-order valence-electron chi connectivity index (χ4n) is 3.26. The highest BCUT2D eigenvalue weighted by molar-refractivity contribution is 5.97. The molecule has 2 aromatic carbocycles. The fraction of sp³-hybridized carbons (Fsp3) is 0.348. The van der Waals surface area contributed by atoms with Crippen molar-refractivity contribution in [2.24, 2.45) is 0 Å². The van der Waals surface area contributed by atoms with Crippen LogP contribution in [0.3, 0.4) is 0 Å². The topological polar surface area (TPSA) is 46.6 Å². The number of hydrogen-bond acceptors (Lipinski definition) is 5. The van der Waals surface area contributed by atoms with Crippen LogP contribution in [-0.4, -0.2) is 43.2 Å². The Kier molecular flexibility index (Phi) is 7.09. The van der Waals surface area contributed by atoms with Crippen LogP contribution in [0.25, 0.3) is 10.9 Å². The highest BCUT2D eigenvalue weighted by Crippen LogP contribution is 2.41. The van der Waals surface area contributed by atoms with Gasteiger partial charge in [0, 0.05) is 24.2 Å². The first-order valence-corrected chi connectivity index (χ1v) is 9.91. The van der Waals surface area contributed by atoms with E-state index in [1.165, 1.54) is 0 Å².